The molecule has 0 aromatic heterocycles. The van der Waals surface area contributed by atoms with Crippen LogP contribution in [0.4, 0.5) is 5.69 Å². The first kappa shape index (κ1) is 18.0. The first-order chi connectivity index (χ1) is 10.5. The zero-order valence-electron chi connectivity index (χ0n) is 13.7. The predicted molar refractivity (Wildman–Crippen MR) is 85.9 cm³/mol. The minimum atomic E-state index is -0.874. The smallest absolute Gasteiger partial charge is 0.256 e. The van der Waals surface area contributed by atoms with E-state index in [4.69, 9.17) is 14.7 Å². The fourth-order valence-corrected chi connectivity index (χ4v) is 1.90. The number of ether oxygens (including phenoxy) is 2. The Balaban J connectivity index is 2.89. The van der Waals surface area contributed by atoms with Crippen LogP contribution < -0.4 is 10.1 Å². The molecule has 0 bridgehead atoms. The zero-order valence-corrected chi connectivity index (χ0v) is 13.7. The molecule has 1 atom stereocenters. The molecule has 0 aliphatic rings. The molecule has 0 radical (unpaired) electrons. The van der Waals surface area contributed by atoms with Gasteiger partial charge in [0.25, 0.3) is 5.91 Å². The van der Waals surface area contributed by atoms with Crippen LogP contribution >= 0.6 is 0 Å². The van der Waals surface area contributed by atoms with Crippen LogP contribution in [-0.4, -0.2) is 24.7 Å². The second-order valence-corrected chi connectivity index (χ2v) is 5.14. The molecule has 0 spiro atoms. The number of carbonyl (C=O) groups is 1. The van der Waals surface area contributed by atoms with E-state index in [9.17, 15) is 4.79 Å². The molecular formula is C17H24N2O3. The summed E-state index contributed by atoms with van der Waals surface area (Å²) >= 11 is 0. The summed E-state index contributed by atoms with van der Waals surface area (Å²) in [6.45, 7) is 8.56. The number of benzene rings is 1. The van der Waals surface area contributed by atoms with Crippen LogP contribution in [0, 0.1) is 11.3 Å². The number of nitrogens with zero attached hydrogens (tertiary/aromatic N) is 1. The third-order valence-electron chi connectivity index (χ3n) is 3.44. The molecule has 0 heterocycles. The highest BCUT2D eigenvalue weighted by atomic mass is 16.5. The average molecular weight is 304 g/mol. The molecular weight excluding hydrogens is 280 g/mol. The predicted octanol–water partition coefficient (Wildman–Crippen LogP) is 3.49. The van der Waals surface area contributed by atoms with Crippen molar-refractivity contribution in [3.8, 4) is 11.8 Å². The van der Waals surface area contributed by atoms with Gasteiger partial charge in [0.2, 0.25) is 0 Å². The molecule has 0 saturated heterocycles. The molecule has 0 saturated carbocycles. The molecule has 1 amide bonds. The molecule has 5 nitrogen and oxygen atoms in total. The van der Waals surface area contributed by atoms with Crippen molar-refractivity contribution in [2.24, 2.45) is 0 Å². The quantitative estimate of drug-likeness (QED) is 0.798. The lowest BCUT2D eigenvalue weighted by Gasteiger charge is -2.27. The van der Waals surface area contributed by atoms with Crippen LogP contribution in [0.5, 0.6) is 5.75 Å². The largest absolute Gasteiger partial charge is 0.492 e. The van der Waals surface area contributed by atoms with Gasteiger partial charge in [0.1, 0.15) is 17.4 Å². The topological polar surface area (TPSA) is 71.3 Å². The fourth-order valence-electron chi connectivity index (χ4n) is 1.90. The summed E-state index contributed by atoms with van der Waals surface area (Å²) in [6, 6.07) is 7.09. The molecule has 120 valence electrons. The summed E-state index contributed by atoms with van der Waals surface area (Å²) < 4.78 is 11.0. The van der Waals surface area contributed by atoms with Crippen molar-refractivity contribution >= 4 is 11.6 Å². The van der Waals surface area contributed by atoms with Gasteiger partial charge in [-0.2, -0.15) is 5.26 Å². The molecule has 1 aromatic carbocycles. The van der Waals surface area contributed by atoms with E-state index in [-0.39, 0.29) is 5.91 Å². The zero-order chi connectivity index (χ0) is 16.6. The first-order valence-corrected chi connectivity index (χ1v) is 7.63. The number of carbonyl (C=O) groups excluding carboxylic acids is 1. The first-order valence-electron chi connectivity index (χ1n) is 7.63. The van der Waals surface area contributed by atoms with E-state index in [0.717, 1.165) is 6.42 Å². The number of hydrogen-bond donors (Lipinski definition) is 1. The lowest BCUT2D eigenvalue weighted by Crippen LogP contribution is -2.42. The molecule has 0 unspecified atom stereocenters. The van der Waals surface area contributed by atoms with E-state index < -0.39 is 5.60 Å². The number of nitriles is 1. The van der Waals surface area contributed by atoms with Crippen molar-refractivity contribution in [1.29, 1.82) is 5.26 Å². The number of rotatable bonds is 8. The van der Waals surface area contributed by atoms with Gasteiger partial charge in [-0.25, -0.2) is 0 Å². The highest BCUT2D eigenvalue weighted by molar-refractivity contribution is 5.97. The summed E-state index contributed by atoms with van der Waals surface area (Å²) in [7, 11) is 0. The van der Waals surface area contributed by atoms with Gasteiger partial charge in [0.15, 0.2) is 0 Å². The lowest BCUT2D eigenvalue weighted by atomic mass is 10.0. The second-order valence-electron chi connectivity index (χ2n) is 5.14. The minimum Gasteiger partial charge on any atom is -0.492 e. The Morgan fingerprint density at radius 3 is 2.64 bits per heavy atom. The van der Waals surface area contributed by atoms with E-state index in [0.29, 0.717) is 36.6 Å². The van der Waals surface area contributed by atoms with Crippen LogP contribution in [0.25, 0.3) is 0 Å². The summed E-state index contributed by atoms with van der Waals surface area (Å²) in [5.41, 5.74) is 0.0820. The van der Waals surface area contributed by atoms with Crippen molar-refractivity contribution in [1.82, 2.24) is 0 Å². The Labute approximate surface area is 132 Å². The van der Waals surface area contributed by atoms with E-state index in [2.05, 4.69) is 11.4 Å². The van der Waals surface area contributed by atoms with Crippen molar-refractivity contribution in [3.05, 3.63) is 23.8 Å². The highest BCUT2D eigenvalue weighted by Crippen LogP contribution is 2.24. The molecule has 1 N–H and O–H groups in total. The van der Waals surface area contributed by atoms with E-state index >= 15 is 0 Å². The standard InChI is InChI=1S/C17H24N2O3/c1-5-10-22-17(4,6-2)16(20)19-14-8-9-15(21-7-3)13(11-14)12-18/h8-9,11H,5-7,10H2,1-4H3,(H,19,20)/t17-/m1/s1. The van der Waals surface area contributed by atoms with Gasteiger partial charge in [0, 0.05) is 12.3 Å². The molecule has 1 aromatic rings. The Hall–Kier alpha value is -2.06. The monoisotopic (exact) mass is 304 g/mol. The van der Waals surface area contributed by atoms with Crippen molar-refractivity contribution in [2.45, 2.75) is 46.1 Å². The second kappa shape index (κ2) is 8.40. The van der Waals surface area contributed by atoms with Gasteiger partial charge in [0.05, 0.1) is 12.2 Å². The molecule has 0 aliphatic heterocycles. The summed E-state index contributed by atoms with van der Waals surface area (Å²) in [5.74, 6) is 0.306. The Kier molecular flexibility index (Phi) is 6.87. The number of hydrogen-bond acceptors (Lipinski definition) is 4. The number of anilines is 1. The third-order valence-corrected chi connectivity index (χ3v) is 3.44. The Morgan fingerprint density at radius 1 is 1.36 bits per heavy atom. The maximum Gasteiger partial charge on any atom is 0.256 e. The summed E-state index contributed by atoms with van der Waals surface area (Å²) in [6.07, 6.45) is 1.42. The molecule has 0 fully saturated rings. The van der Waals surface area contributed by atoms with Crippen molar-refractivity contribution < 1.29 is 14.3 Å². The van der Waals surface area contributed by atoms with Gasteiger partial charge < -0.3 is 14.8 Å². The summed E-state index contributed by atoms with van der Waals surface area (Å²) in [5, 5.41) is 12.0. The Bertz CT molecular complexity index is 551. The normalized spacial score (nSPS) is 13.0. The van der Waals surface area contributed by atoms with Crippen molar-refractivity contribution in [3.63, 3.8) is 0 Å². The van der Waals surface area contributed by atoms with Crippen molar-refractivity contribution in [2.75, 3.05) is 18.5 Å². The highest BCUT2D eigenvalue weighted by Gasteiger charge is 2.32. The van der Waals surface area contributed by atoms with Crippen LogP contribution in [-0.2, 0) is 9.53 Å². The molecule has 22 heavy (non-hydrogen) atoms. The van der Waals surface area contributed by atoms with Gasteiger partial charge in [-0.15, -0.1) is 0 Å². The maximum atomic E-state index is 12.4. The molecule has 0 aliphatic carbocycles. The number of amides is 1. The van der Waals surface area contributed by atoms with Crippen LogP contribution in [0.15, 0.2) is 18.2 Å². The average Bonchev–Trinajstić information content (AvgIpc) is 2.54. The maximum absolute atomic E-state index is 12.4. The van der Waals surface area contributed by atoms with Crippen LogP contribution in [0.1, 0.15) is 46.1 Å². The third kappa shape index (κ3) is 4.47. The fraction of sp³-hybridized carbons (Fsp3) is 0.529. The van der Waals surface area contributed by atoms with E-state index in [1.807, 2.05) is 20.8 Å². The minimum absolute atomic E-state index is 0.212. The number of nitrogens with one attached hydrogen (secondary N) is 1. The van der Waals surface area contributed by atoms with Gasteiger partial charge in [-0.05, 0) is 44.9 Å². The van der Waals surface area contributed by atoms with Gasteiger partial charge in [-0.3, -0.25) is 4.79 Å². The Morgan fingerprint density at radius 2 is 2.09 bits per heavy atom. The van der Waals surface area contributed by atoms with Crippen LogP contribution in [0.3, 0.4) is 0 Å². The van der Waals surface area contributed by atoms with Gasteiger partial charge in [-0.1, -0.05) is 13.8 Å². The lowest BCUT2D eigenvalue weighted by molar-refractivity contribution is -0.139. The van der Waals surface area contributed by atoms with E-state index in [1.165, 1.54) is 0 Å². The van der Waals surface area contributed by atoms with Gasteiger partial charge >= 0.3 is 0 Å². The SMILES string of the molecule is CCCO[C@](C)(CC)C(=O)Nc1ccc(OCC)c(C#N)c1. The molecule has 1 rings (SSSR count). The van der Waals surface area contributed by atoms with Crippen LogP contribution in [0.2, 0.25) is 0 Å². The molecule has 5 heteroatoms. The summed E-state index contributed by atoms with van der Waals surface area (Å²) in [4.78, 5) is 12.4. The van der Waals surface area contributed by atoms with E-state index in [1.54, 1.807) is 25.1 Å².